The highest BCUT2D eigenvalue weighted by Gasteiger charge is 2.10. The van der Waals surface area contributed by atoms with E-state index in [2.05, 4.69) is 10.3 Å². The maximum Gasteiger partial charge on any atom is 0.253 e. The fraction of sp³-hybridized carbons (Fsp3) is 0.143. The number of nitrogen functional groups attached to an aromatic ring is 1. The predicted octanol–water partition coefficient (Wildman–Crippen LogP) is 2.26. The number of nitrogens with two attached hydrogens (primary N) is 1. The van der Waals surface area contributed by atoms with Crippen LogP contribution in [-0.4, -0.2) is 18.0 Å². The lowest BCUT2D eigenvalue weighted by Gasteiger charge is -2.08. The third kappa shape index (κ3) is 3.39. The maximum atomic E-state index is 12.0. The molecule has 0 saturated carbocycles. The molecule has 0 saturated heterocycles. The van der Waals surface area contributed by atoms with Crippen molar-refractivity contribution in [1.82, 2.24) is 10.3 Å². The molecule has 104 valence electrons. The van der Waals surface area contributed by atoms with Crippen molar-refractivity contribution in [2.75, 3.05) is 12.8 Å². The van der Waals surface area contributed by atoms with E-state index in [4.69, 9.17) is 22.1 Å². The number of methoxy groups -OCH3 is 1. The molecule has 1 aromatic carbocycles. The number of rotatable bonds is 4. The Morgan fingerprint density at radius 3 is 2.90 bits per heavy atom. The molecule has 1 amide bonds. The minimum absolute atomic E-state index is 0.259. The van der Waals surface area contributed by atoms with Gasteiger partial charge in [0.25, 0.3) is 5.91 Å². The van der Waals surface area contributed by atoms with Crippen LogP contribution in [0.4, 0.5) is 5.69 Å². The van der Waals surface area contributed by atoms with Crippen LogP contribution in [0.15, 0.2) is 36.5 Å². The second-order valence-electron chi connectivity index (χ2n) is 4.13. The van der Waals surface area contributed by atoms with Crippen LogP contribution in [0.3, 0.4) is 0 Å². The number of hydrogen-bond donors (Lipinski definition) is 2. The summed E-state index contributed by atoms with van der Waals surface area (Å²) in [6, 6.07) is 8.33. The third-order valence-corrected chi connectivity index (χ3v) is 3.01. The minimum atomic E-state index is -0.259. The van der Waals surface area contributed by atoms with Crippen molar-refractivity contribution in [3.05, 3.63) is 52.7 Å². The van der Waals surface area contributed by atoms with Gasteiger partial charge in [-0.3, -0.25) is 4.79 Å². The molecule has 1 aromatic heterocycles. The quantitative estimate of drug-likeness (QED) is 0.847. The van der Waals surface area contributed by atoms with Gasteiger partial charge in [0.2, 0.25) is 5.88 Å². The summed E-state index contributed by atoms with van der Waals surface area (Å²) < 4.78 is 5.02. The molecule has 0 radical (unpaired) electrons. The lowest BCUT2D eigenvalue weighted by Crippen LogP contribution is -2.23. The molecule has 0 fully saturated rings. The molecule has 0 aliphatic heterocycles. The van der Waals surface area contributed by atoms with Gasteiger partial charge in [0.1, 0.15) is 0 Å². The molecular formula is C14H14ClN3O2. The van der Waals surface area contributed by atoms with E-state index in [1.165, 1.54) is 0 Å². The first kappa shape index (κ1) is 14.1. The number of anilines is 1. The van der Waals surface area contributed by atoms with Gasteiger partial charge in [-0.1, -0.05) is 11.6 Å². The molecule has 20 heavy (non-hydrogen) atoms. The summed E-state index contributed by atoms with van der Waals surface area (Å²) >= 11 is 5.98. The largest absolute Gasteiger partial charge is 0.481 e. The lowest BCUT2D eigenvalue weighted by molar-refractivity contribution is 0.0951. The highest BCUT2D eigenvalue weighted by molar-refractivity contribution is 6.34. The molecule has 6 heteroatoms. The maximum absolute atomic E-state index is 12.0. The van der Waals surface area contributed by atoms with E-state index in [9.17, 15) is 4.79 Å². The molecule has 3 N–H and O–H groups in total. The van der Waals surface area contributed by atoms with E-state index < -0.39 is 0 Å². The Balaban J connectivity index is 2.04. The fourth-order valence-corrected chi connectivity index (χ4v) is 1.94. The number of nitrogens with one attached hydrogen (secondary N) is 1. The number of hydrogen-bond acceptors (Lipinski definition) is 4. The van der Waals surface area contributed by atoms with Gasteiger partial charge >= 0.3 is 0 Å². The second kappa shape index (κ2) is 6.25. The Kier molecular flexibility index (Phi) is 4.42. The van der Waals surface area contributed by atoms with Crippen LogP contribution in [0.2, 0.25) is 5.02 Å². The van der Waals surface area contributed by atoms with E-state index >= 15 is 0 Å². The van der Waals surface area contributed by atoms with Crippen molar-refractivity contribution in [2.45, 2.75) is 6.54 Å². The van der Waals surface area contributed by atoms with Gasteiger partial charge in [-0.2, -0.15) is 0 Å². The van der Waals surface area contributed by atoms with E-state index in [0.717, 1.165) is 5.56 Å². The highest BCUT2D eigenvalue weighted by atomic mass is 35.5. The van der Waals surface area contributed by atoms with Gasteiger partial charge < -0.3 is 15.8 Å². The first-order chi connectivity index (χ1) is 9.60. The highest BCUT2D eigenvalue weighted by Crippen LogP contribution is 2.19. The first-order valence-electron chi connectivity index (χ1n) is 5.92. The Bertz CT molecular complexity index is 632. The fourth-order valence-electron chi connectivity index (χ4n) is 1.67. The van der Waals surface area contributed by atoms with Crippen molar-refractivity contribution >= 4 is 23.2 Å². The molecule has 0 atom stereocenters. The van der Waals surface area contributed by atoms with Crippen LogP contribution in [0.25, 0.3) is 0 Å². The summed E-state index contributed by atoms with van der Waals surface area (Å²) in [5.74, 6) is 0.244. The van der Waals surface area contributed by atoms with Crippen LogP contribution in [0, 0.1) is 0 Å². The number of aromatic nitrogens is 1. The number of carbonyl (C=O) groups excluding carboxylic acids is 1. The van der Waals surface area contributed by atoms with Gasteiger partial charge in [0, 0.05) is 24.5 Å². The number of carbonyl (C=O) groups is 1. The van der Waals surface area contributed by atoms with E-state index in [1.807, 2.05) is 0 Å². The normalized spacial score (nSPS) is 10.1. The average molecular weight is 292 g/mol. The Labute approximate surface area is 121 Å². The molecule has 0 unspecified atom stereocenters. The molecule has 5 nitrogen and oxygen atoms in total. The van der Waals surface area contributed by atoms with Gasteiger partial charge in [0.15, 0.2) is 0 Å². The van der Waals surface area contributed by atoms with Crippen LogP contribution in [0.1, 0.15) is 15.9 Å². The molecule has 0 aliphatic rings. The van der Waals surface area contributed by atoms with Crippen molar-refractivity contribution in [3.63, 3.8) is 0 Å². The number of pyridine rings is 1. The molecule has 2 rings (SSSR count). The topological polar surface area (TPSA) is 77.2 Å². The van der Waals surface area contributed by atoms with Gasteiger partial charge in [0.05, 0.1) is 17.7 Å². The van der Waals surface area contributed by atoms with Crippen molar-refractivity contribution < 1.29 is 9.53 Å². The summed E-state index contributed by atoms with van der Waals surface area (Å²) in [5, 5.41) is 3.11. The van der Waals surface area contributed by atoms with E-state index in [1.54, 1.807) is 43.6 Å². The predicted molar refractivity (Wildman–Crippen MR) is 77.8 cm³/mol. The zero-order valence-electron chi connectivity index (χ0n) is 10.9. The van der Waals surface area contributed by atoms with Crippen LogP contribution >= 0.6 is 11.6 Å². The summed E-state index contributed by atoms with van der Waals surface area (Å²) in [6.07, 6.45) is 1.62. The zero-order chi connectivity index (χ0) is 14.5. The summed E-state index contributed by atoms with van der Waals surface area (Å²) in [6.45, 7) is 0.360. The van der Waals surface area contributed by atoms with Crippen molar-refractivity contribution in [3.8, 4) is 5.88 Å². The SMILES string of the molecule is COc1cc(CNC(=O)c2ccc(N)cc2Cl)ccn1. The van der Waals surface area contributed by atoms with Crippen LogP contribution in [-0.2, 0) is 6.54 Å². The zero-order valence-corrected chi connectivity index (χ0v) is 11.6. The van der Waals surface area contributed by atoms with Gasteiger partial charge in [-0.25, -0.2) is 4.98 Å². The molecular weight excluding hydrogens is 278 g/mol. The van der Waals surface area contributed by atoms with Crippen molar-refractivity contribution in [1.29, 1.82) is 0 Å². The molecule has 2 aromatic rings. The molecule has 1 heterocycles. The lowest BCUT2D eigenvalue weighted by atomic mass is 10.2. The molecule has 0 spiro atoms. The number of halogens is 1. The second-order valence-corrected chi connectivity index (χ2v) is 4.54. The Morgan fingerprint density at radius 1 is 1.40 bits per heavy atom. The van der Waals surface area contributed by atoms with Gasteiger partial charge in [-0.05, 0) is 29.8 Å². The summed E-state index contributed by atoms with van der Waals surface area (Å²) in [7, 11) is 1.54. The number of benzene rings is 1. The summed E-state index contributed by atoms with van der Waals surface area (Å²) in [4.78, 5) is 16.0. The monoisotopic (exact) mass is 291 g/mol. The van der Waals surface area contributed by atoms with Crippen molar-refractivity contribution in [2.24, 2.45) is 0 Å². The number of ether oxygens (including phenoxy) is 1. The van der Waals surface area contributed by atoms with Crippen LogP contribution < -0.4 is 15.8 Å². The third-order valence-electron chi connectivity index (χ3n) is 2.70. The number of nitrogens with zero attached hydrogens (tertiary/aromatic N) is 1. The molecule has 0 bridgehead atoms. The van der Waals surface area contributed by atoms with Crippen LogP contribution in [0.5, 0.6) is 5.88 Å². The van der Waals surface area contributed by atoms with E-state index in [-0.39, 0.29) is 5.91 Å². The number of amides is 1. The smallest absolute Gasteiger partial charge is 0.253 e. The van der Waals surface area contributed by atoms with E-state index in [0.29, 0.717) is 28.7 Å². The molecule has 0 aliphatic carbocycles. The standard InChI is InChI=1S/C14H14ClN3O2/c1-20-13-6-9(4-5-17-13)8-18-14(19)11-3-2-10(16)7-12(11)15/h2-7H,8,16H2,1H3,(H,18,19). The Hall–Kier alpha value is -2.27. The first-order valence-corrected chi connectivity index (χ1v) is 6.30. The average Bonchev–Trinajstić information content (AvgIpc) is 2.45. The summed E-state index contributed by atoms with van der Waals surface area (Å²) in [5.41, 5.74) is 7.38. The minimum Gasteiger partial charge on any atom is -0.481 e. The van der Waals surface area contributed by atoms with Gasteiger partial charge in [-0.15, -0.1) is 0 Å². The Morgan fingerprint density at radius 2 is 2.20 bits per heavy atom.